The van der Waals surface area contributed by atoms with Gasteiger partial charge in [0.2, 0.25) is 0 Å². The molecule has 0 amide bonds. The van der Waals surface area contributed by atoms with E-state index in [1.165, 1.54) is 5.56 Å². The fourth-order valence-corrected chi connectivity index (χ4v) is 4.06. The lowest BCUT2D eigenvalue weighted by atomic mass is 9.93. The number of tetrazole rings is 1. The van der Waals surface area contributed by atoms with Crippen molar-refractivity contribution in [3.05, 3.63) is 102 Å². The summed E-state index contributed by atoms with van der Waals surface area (Å²) >= 11 is 0. The van der Waals surface area contributed by atoms with Crippen LogP contribution in [0.5, 0.6) is 5.75 Å². The monoisotopic (exact) mass is 409 g/mol. The molecule has 0 bridgehead atoms. The molecule has 0 N–H and O–H groups in total. The highest BCUT2D eigenvalue weighted by Gasteiger charge is 2.29. The fourth-order valence-electron chi connectivity index (χ4n) is 4.06. The van der Waals surface area contributed by atoms with Gasteiger partial charge in [-0.3, -0.25) is 0 Å². The third-order valence-corrected chi connectivity index (χ3v) is 5.67. The van der Waals surface area contributed by atoms with Gasteiger partial charge in [-0.15, -0.1) is 0 Å². The van der Waals surface area contributed by atoms with E-state index in [1.807, 2.05) is 22.9 Å². The average Bonchev–Trinajstić information content (AvgIpc) is 3.31. The van der Waals surface area contributed by atoms with Crippen LogP contribution in [0.1, 0.15) is 24.1 Å². The Bertz CT molecular complexity index is 1210. The second kappa shape index (κ2) is 8.07. The van der Waals surface area contributed by atoms with E-state index in [0.717, 1.165) is 40.6 Å². The first-order valence-corrected chi connectivity index (χ1v) is 10.3. The zero-order valence-corrected chi connectivity index (χ0v) is 17.5. The normalized spacial score (nSPS) is 15.4. The van der Waals surface area contributed by atoms with Crippen LogP contribution in [0, 0.1) is 0 Å². The summed E-state index contributed by atoms with van der Waals surface area (Å²) in [5.74, 6) is 1.59. The molecule has 31 heavy (non-hydrogen) atoms. The molecule has 154 valence electrons. The summed E-state index contributed by atoms with van der Waals surface area (Å²) in [6.07, 6.45) is 2.23. The van der Waals surface area contributed by atoms with Crippen LogP contribution in [0.3, 0.4) is 0 Å². The molecule has 0 aliphatic carbocycles. The van der Waals surface area contributed by atoms with Crippen molar-refractivity contribution in [2.24, 2.45) is 0 Å². The van der Waals surface area contributed by atoms with Gasteiger partial charge in [0.1, 0.15) is 11.8 Å². The van der Waals surface area contributed by atoms with Crippen molar-refractivity contribution in [3.8, 4) is 16.9 Å². The smallest absolute Gasteiger partial charge is 0.250 e. The number of fused-ring (bicyclic) bond motifs is 1. The number of aromatic nitrogens is 4. The highest BCUT2D eigenvalue weighted by molar-refractivity contribution is 5.69. The maximum absolute atomic E-state index is 5.32. The van der Waals surface area contributed by atoms with E-state index in [2.05, 4.69) is 94.1 Å². The molecular formula is C25H23N5O. The molecule has 6 nitrogen and oxygen atoms in total. The summed E-state index contributed by atoms with van der Waals surface area (Å²) in [5.41, 5.74) is 5.77. The van der Waals surface area contributed by atoms with Crippen molar-refractivity contribution in [2.45, 2.75) is 19.5 Å². The highest BCUT2D eigenvalue weighted by atomic mass is 16.5. The second-order valence-electron chi connectivity index (χ2n) is 7.56. The molecule has 2 heterocycles. The molecule has 3 aromatic carbocycles. The van der Waals surface area contributed by atoms with E-state index in [9.17, 15) is 0 Å². The zero-order valence-electron chi connectivity index (χ0n) is 17.5. The van der Waals surface area contributed by atoms with Crippen LogP contribution in [0.4, 0.5) is 5.95 Å². The zero-order chi connectivity index (χ0) is 21.2. The van der Waals surface area contributed by atoms with Crippen molar-refractivity contribution in [2.75, 3.05) is 12.0 Å². The lowest BCUT2D eigenvalue weighted by molar-refractivity contribution is 0.415. The molecule has 0 fully saturated rings. The number of ether oxygens (including phenoxy) is 1. The quantitative estimate of drug-likeness (QED) is 0.471. The standard InChI is InChI=1S/C25H23N5O/c1-18-16-24(23-11-7-6-10-22(23)20-12-14-21(31-2)15-13-20)30-25(26-27-28-30)29(18)17-19-8-4-3-5-9-19/h3-16,24H,17H2,1-2H3. The van der Waals surface area contributed by atoms with Gasteiger partial charge in [-0.05, 0) is 57.8 Å². The van der Waals surface area contributed by atoms with Crippen molar-refractivity contribution >= 4 is 5.95 Å². The number of benzene rings is 3. The number of rotatable bonds is 5. The molecule has 0 saturated carbocycles. The molecule has 0 radical (unpaired) electrons. The van der Waals surface area contributed by atoms with Crippen molar-refractivity contribution in [1.29, 1.82) is 0 Å². The minimum atomic E-state index is -0.0877. The summed E-state index contributed by atoms with van der Waals surface area (Å²) in [7, 11) is 1.68. The van der Waals surface area contributed by atoms with Crippen LogP contribution in [-0.2, 0) is 6.54 Å². The molecule has 5 rings (SSSR count). The largest absolute Gasteiger partial charge is 0.497 e. The van der Waals surface area contributed by atoms with Crippen LogP contribution in [-0.4, -0.2) is 27.3 Å². The van der Waals surface area contributed by atoms with E-state index in [0.29, 0.717) is 0 Å². The van der Waals surface area contributed by atoms with Crippen molar-refractivity contribution < 1.29 is 4.74 Å². The molecule has 1 atom stereocenters. The predicted octanol–water partition coefficient (Wildman–Crippen LogP) is 4.86. The number of nitrogens with zero attached hydrogens (tertiary/aromatic N) is 5. The van der Waals surface area contributed by atoms with Gasteiger partial charge in [0.25, 0.3) is 5.95 Å². The van der Waals surface area contributed by atoms with Gasteiger partial charge in [-0.2, -0.15) is 4.68 Å². The summed E-state index contributed by atoms with van der Waals surface area (Å²) in [4.78, 5) is 2.15. The molecule has 1 aliphatic heterocycles. The van der Waals surface area contributed by atoms with E-state index in [1.54, 1.807) is 7.11 Å². The maximum Gasteiger partial charge on any atom is 0.250 e. The van der Waals surface area contributed by atoms with Gasteiger partial charge in [0.05, 0.1) is 13.7 Å². The molecule has 1 aliphatic rings. The molecule has 0 saturated heterocycles. The van der Waals surface area contributed by atoms with Crippen LogP contribution in [0.15, 0.2) is 90.6 Å². The van der Waals surface area contributed by atoms with E-state index < -0.39 is 0 Å². The Balaban J connectivity index is 1.55. The number of anilines is 1. The van der Waals surface area contributed by atoms with E-state index >= 15 is 0 Å². The SMILES string of the molecule is COc1ccc(-c2ccccc2C2C=C(C)N(Cc3ccccc3)c3nnnn32)cc1. The van der Waals surface area contributed by atoms with Gasteiger partial charge in [0.15, 0.2) is 0 Å². The second-order valence-corrected chi connectivity index (χ2v) is 7.56. The number of hydrogen-bond acceptors (Lipinski definition) is 5. The lowest BCUT2D eigenvalue weighted by Gasteiger charge is -2.32. The molecule has 6 heteroatoms. The Morgan fingerprint density at radius 2 is 1.65 bits per heavy atom. The summed E-state index contributed by atoms with van der Waals surface area (Å²) < 4.78 is 7.22. The molecule has 4 aromatic rings. The van der Waals surface area contributed by atoms with Gasteiger partial charge < -0.3 is 9.64 Å². The Labute approximate surface area is 181 Å². The molecule has 1 aromatic heterocycles. The first kappa shape index (κ1) is 19.1. The molecule has 1 unspecified atom stereocenters. The Morgan fingerprint density at radius 1 is 0.903 bits per heavy atom. The maximum atomic E-state index is 5.32. The Morgan fingerprint density at radius 3 is 2.42 bits per heavy atom. The molecule has 0 spiro atoms. The van der Waals surface area contributed by atoms with Gasteiger partial charge in [0, 0.05) is 5.70 Å². The van der Waals surface area contributed by atoms with Gasteiger partial charge >= 0.3 is 0 Å². The van der Waals surface area contributed by atoms with Gasteiger partial charge in [-0.1, -0.05) is 71.8 Å². The first-order valence-electron chi connectivity index (χ1n) is 10.3. The minimum Gasteiger partial charge on any atom is -0.497 e. The lowest BCUT2D eigenvalue weighted by Crippen LogP contribution is -2.30. The van der Waals surface area contributed by atoms with Crippen LogP contribution in [0.2, 0.25) is 0 Å². The van der Waals surface area contributed by atoms with Gasteiger partial charge in [-0.25, -0.2) is 0 Å². The number of allylic oxidation sites excluding steroid dienone is 2. The molecular weight excluding hydrogens is 386 g/mol. The minimum absolute atomic E-state index is 0.0877. The van der Waals surface area contributed by atoms with Crippen LogP contribution < -0.4 is 9.64 Å². The third-order valence-electron chi connectivity index (χ3n) is 5.67. The topological polar surface area (TPSA) is 56.1 Å². The van der Waals surface area contributed by atoms with E-state index in [-0.39, 0.29) is 6.04 Å². The highest BCUT2D eigenvalue weighted by Crippen LogP contribution is 2.37. The third kappa shape index (κ3) is 3.57. The number of hydrogen-bond donors (Lipinski definition) is 0. The summed E-state index contributed by atoms with van der Waals surface area (Å²) in [6, 6.07) is 26.8. The van der Waals surface area contributed by atoms with E-state index in [4.69, 9.17) is 4.74 Å². The number of methoxy groups -OCH3 is 1. The van der Waals surface area contributed by atoms with Crippen molar-refractivity contribution in [3.63, 3.8) is 0 Å². The fraction of sp³-hybridized carbons (Fsp3) is 0.160. The Hall–Kier alpha value is -3.93. The summed E-state index contributed by atoms with van der Waals surface area (Å²) in [5, 5.41) is 12.7. The van der Waals surface area contributed by atoms with Crippen LogP contribution in [0.25, 0.3) is 11.1 Å². The van der Waals surface area contributed by atoms with Crippen LogP contribution >= 0.6 is 0 Å². The summed E-state index contributed by atoms with van der Waals surface area (Å²) in [6.45, 7) is 2.83. The Kier molecular flexibility index (Phi) is 4.96. The first-order chi connectivity index (χ1) is 15.2. The average molecular weight is 409 g/mol. The predicted molar refractivity (Wildman–Crippen MR) is 121 cm³/mol. The van der Waals surface area contributed by atoms with Crippen molar-refractivity contribution in [1.82, 2.24) is 20.2 Å².